The van der Waals surface area contributed by atoms with Crippen LogP contribution in [0.3, 0.4) is 0 Å². The van der Waals surface area contributed by atoms with Crippen LogP contribution in [0, 0.1) is 12.3 Å². The lowest BCUT2D eigenvalue weighted by Gasteiger charge is -2.39. The van der Waals surface area contributed by atoms with Crippen LogP contribution >= 0.6 is 11.6 Å². The third-order valence-corrected chi connectivity index (χ3v) is 5.44. The number of carbonyl (C=O) groups excluding carboxylic acids is 2. The Bertz CT molecular complexity index is 947. The third-order valence-electron chi connectivity index (χ3n) is 5.14. The van der Waals surface area contributed by atoms with Crippen molar-refractivity contribution in [1.29, 1.82) is 0 Å². The molecule has 2 aromatic rings. The summed E-state index contributed by atoms with van der Waals surface area (Å²) in [7, 11) is 0. The molecule has 3 rings (SSSR count). The summed E-state index contributed by atoms with van der Waals surface area (Å²) in [5.41, 5.74) is 2.22. The number of hydrogen-bond acceptors (Lipinski definition) is 4. The molecule has 0 saturated carbocycles. The van der Waals surface area contributed by atoms with Crippen LogP contribution in [0.25, 0.3) is 0 Å². The van der Waals surface area contributed by atoms with Crippen molar-refractivity contribution in [1.82, 2.24) is 4.90 Å². The quantitative estimate of drug-likeness (QED) is 0.745. The van der Waals surface area contributed by atoms with E-state index in [1.54, 1.807) is 6.07 Å². The molecule has 1 saturated heterocycles. The van der Waals surface area contributed by atoms with Crippen molar-refractivity contribution in [2.75, 3.05) is 43.0 Å². The van der Waals surface area contributed by atoms with Gasteiger partial charge in [-0.2, -0.15) is 0 Å². The van der Waals surface area contributed by atoms with Crippen LogP contribution < -0.4 is 15.0 Å². The molecule has 7 heteroatoms. The maximum atomic E-state index is 12.5. The van der Waals surface area contributed by atoms with E-state index in [0.717, 1.165) is 24.3 Å². The van der Waals surface area contributed by atoms with E-state index >= 15 is 0 Å². The van der Waals surface area contributed by atoms with Crippen LogP contribution in [0.4, 0.5) is 11.4 Å². The number of amides is 2. The van der Waals surface area contributed by atoms with E-state index in [1.807, 2.05) is 69.0 Å². The fourth-order valence-corrected chi connectivity index (χ4v) is 3.82. The fourth-order valence-electron chi connectivity index (χ4n) is 3.52. The molecule has 1 heterocycles. The van der Waals surface area contributed by atoms with Crippen LogP contribution in [-0.2, 0) is 9.59 Å². The molecule has 1 N–H and O–H groups in total. The Morgan fingerprint density at radius 3 is 2.39 bits per heavy atom. The first kappa shape index (κ1) is 22.9. The molecule has 1 aliphatic rings. The van der Waals surface area contributed by atoms with Gasteiger partial charge in [-0.1, -0.05) is 44.5 Å². The number of hydrogen-bond donors (Lipinski definition) is 1. The molecule has 166 valence electrons. The summed E-state index contributed by atoms with van der Waals surface area (Å²) in [6.07, 6.45) is 0. The number of nitrogens with zero attached hydrogens (tertiary/aromatic N) is 2. The van der Waals surface area contributed by atoms with Crippen LogP contribution in [0.2, 0.25) is 5.02 Å². The van der Waals surface area contributed by atoms with E-state index in [1.165, 1.54) is 0 Å². The number of ether oxygens (including phenoxy) is 1. The van der Waals surface area contributed by atoms with Gasteiger partial charge in [-0.3, -0.25) is 9.59 Å². The zero-order valence-corrected chi connectivity index (χ0v) is 19.3. The van der Waals surface area contributed by atoms with Crippen LogP contribution in [-0.4, -0.2) is 49.5 Å². The molecule has 2 amide bonds. The number of nitrogens with one attached hydrogen (secondary N) is 1. The first-order chi connectivity index (χ1) is 14.6. The monoisotopic (exact) mass is 443 g/mol. The van der Waals surface area contributed by atoms with Crippen molar-refractivity contribution >= 4 is 34.8 Å². The summed E-state index contributed by atoms with van der Waals surface area (Å²) < 4.78 is 5.54. The van der Waals surface area contributed by atoms with Crippen molar-refractivity contribution in [3.63, 3.8) is 0 Å². The van der Waals surface area contributed by atoms with Crippen LogP contribution in [0.5, 0.6) is 5.75 Å². The lowest BCUT2D eigenvalue weighted by molar-refractivity contribution is -0.139. The predicted molar refractivity (Wildman–Crippen MR) is 125 cm³/mol. The Morgan fingerprint density at radius 1 is 1.06 bits per heavy atom. The van der Waals surface area contributed by atoms with Crippen molar-refractivity contribution in [2.45, 2.75) is 27.7 Å². The highest BCUT2D eigenvalue weighted by Crippen LogP contribution is 2.30. The van der Waals surface area contributed by atoms with Gasteiger partial charge in [0.1, 0.15) is 5.75 Å². The predicted octanol–water partition coefficient (Wildman–Crippen LogP) is 4.36. The summed E-state index contributed by atoms with van der Waals surface area (Å²) in [6, 6.07) is 13.0. The Morgan fingerprint density at radius 2 is 1.77 bits per heavy atom. The lowest BCUT2D eigenvalue weighted by Crippen LogP contribution is -2.51. The molecule has 0 radical (unpaired) electrons. The largest absolute Gasteiger partial charge is 0.484 e. The van der Waals surface area contributed by atoms with E-state index < -0.39 is 0 Å². The van der Waals surface area contributed by atoms with Gasteiger partial charge in [0.15, 0.2) is 6.61 Å². The summed E-state index contributed by atoms with van der Waals surface area (Å²) in [5.74, 6) is 0.580. The van der Waals surface area contributed by atoms with Gasteiger partial charge in [0.25, 0.3) is 5.91 Å². The Labute approximate surface area is 189 Å². The maximum Gasteiger partial charge on any atom is 0.262 e. The number of halogens is 1. The van der Waals surface area contributed by atoms with E-state index in [-0.39, 0.29) is 23.8 Å². The normalized spacial score (nSPS) is 14.4. The highest BCUT2D eigenvalue weighted by atomic mass is 35.5. The first-order valence-electron chi connectivity index (χ1n) is 10.5. The number of benzene rings is 2. The number of rotatable bonds is 5. The van der Waals surface area contributed by atoms with Crippen molar-refractivity contribution in [2.24, 2.45) is 5.41 Å². The average Bonchev–Trinajstić information content (AvgIpc) is 2.71. The summed E-state index contributed by atoms with van der Waals surface area (Å²) >= 11 is 6.50. The molecule has 0 atom stereocenters. The van der Waals surface area contributed by atoms with E-state index in [0.29, 0.717) is 29.5 Å². The second-order valence-corrected chi connectivity index (χ2v) is 9.26. The van der Waals surface area contributed by atoms with Gasteiger partial charge < -0.3 is 19.9 Å². The average molecular weight is 444 g/mol. The minimum absolute atomic E-state index is 0.0768. The Hall–Kier alpha value is -2.73. The van der Waals surface area contributed by atoms with Gasteiger partial charge in [-0.15, -0.1) is 0 Å². The van der Waals surface area contributed by atoms with Crippen LogP contribution in [0.1, 0.15) is 26.3 Å². The molecule has 1 aliphatic heterocycles. The standard InChI is InChI=1S/C24H30ClN3O3/c1-17-6-5-7-19(14-17)31-16-22(29)26-18-8-9-21(20(25)15-18)27-10-12-28(13-11-27)23(30)24(2,3)4/h5-9,14-15H,10-13,16H2,1-4H3,(H,26,29). The number of carbonyl (C=O) groups is 2. The highest BCUT2D eigenvalue weighted by molar-refractivity contribution is 6.33. The molecule has 0 aromatic heterocycles. The third kappa shape index (κ3) is 6.14. The van der Waals surface area contributed by atoms with Gasteiger partial charge in [0.05, 0.1) is 10.7 Å². The molecule has 6 nitrogen and oxygen atoms in total. The molecule has 0 unspecified atom stereocenters. The van der Waals surface area contributed by atoms with Crippen molar-refractivity contribution in [3.05, 3.63) is 53.1 Å². The Balaban J connectivity index is 1.54. The SMILES string of the molecule is Cc1cccc(OCC(=O)Nc2ccc(N3CCN(C(=O)C(C)(C)C)CC3)c(Cl)c2)c1. The van der Waals surface area contributed by atoms with Gasteiger partial charge in [0, 0.05) is 37.3 Å². The maximum absolute atomic E-state index is 12.5. The number of piperazine rings is 1. The van der Waals surface area contributed by atoms with Crippen molar-refractivity contribution in [3.8, 4) is 5.75 Å². The molecule has 2 aromatic carbocycles. The second kappa shape index (κ2) is 9.60. The van der Waals surface area contributed by atoms with E-state index in [2.05, 4.69) is 10.2 Å². The van der Waals surface area contributed by atoms with E-state index in [9.17, 15) is 9.59 Å². The lowest BCUT2D eigenvalue weighted by atomic mass is 9.94. The molecule has 0 bridgehead atoms. The van der Waals surface area contributed by atoms with Gasteiger partial charge in [0.2, 0.25) is 5.91 Å². The molecular formula is C24H30ClN3O3. The van der Waals surface area contributed by atoms with Gasteiger partial charge in [-0.05, 0) is 42.8 Å². The van der Waals surface area contributed by atoms with Gasteiger partial charge >= 0.3 is 0 Å². The minimum atomic E-state index is -0.372. The first-order valence-corrected chi connectivity index (χ1v) is 10.8. The summed E-state index contributed by atoms with van der Waals surface area (Å²) in [4.78, 5) is 28.8. The Kier molecular flexibility index (Phi) is 7.11. The number of anilines is 2. The fraction of sp³-hybridized carbons (Fsp3) is 0.417. The highest BCUT2D eigenvalue weighted by Gasteiger charge is 2.30. The summed E-state index contributed by atoms with van der Waals surface area (Å²) in [6.45, 7) is 10.5. The zero-order chi connectivity index (χ0) is 22.6. The zero-order valence-electron chi connectivity index (χ0n) is 18.6. The molecule has 1 fully saturated rings. The molecular weight excluding hydrogens is 414 g/mol. The van der Waals surface area contributed by atoms with E-state index in [4.69, 9.17) is 16.3 Å². The summed E-state index contributed by atoms with van der Waals surface area (Å²) in [5, 5.41) is 3.38. The molecule has 31 heavy (non-hydrogen) atoms. The topological polar surface area (TPSA) is 61.9 Å². The minimum Gasteiger partial charge on any atom is -0.484 e. The van der Waals surface area contributed by atoms with Gasteiger partial charge in [-0.25, -0.2) is 0 Å². The second-order valence-electron chi connectivity index (χ2n) is 8.85. The smallest absolute Gasteiger partial charge is 0.262 e. The molecule has 0 spiro atoms. The van der Waals surface area contributed by atoms with Crippen molar-refractivity contribution < 1.29 is 14.3 Å². The number of aryl methyl sites for hydroxylation is 1. The molecule has 0 aliphatic carbocycles. The van der Waals surface area contributed by atoms with Crippen LogP contribution in [0.15, 0.2) is 42.5 Å².